The van der Waals surface area contributed by atoms with Gasteiger partial charge in [-0.2, -0.15) is 0 Å². The first-order chi connectivity index (χ1) is 8.08. The first kappa shape index (κ1) is 13.4. The molecule has 0 radical (unpaired) electrons. The van der Waals surface area contributed by atoms with Crippen molar-refractivity contribution in [2.24, 2.45) is 4.99 Å². The van der Waals surface area contributed by atoms with Crippen molar-refractivity contribution in [1.82, 2.24) is 0 Å². The third-order valence-electron chi connectivity index (χ3n) is 2.60. The minimum atomic E-state index is -0.189. The van der Waals surface area contributed by atoms with Gasteiger partial charge < -0.3 is 0 Å². The summed E-state index contributed by atoms with van der Waals surface area (Å²) in [6, 6.07) is 5.21. The van der Waals surface area contributed by atoms with Gasteiger partial charge in [-0.25, -0.2) is 4.39 Å². The van der Waals surface area contributed by atoms with Gasteiger partial charge in [0.15, 0.2) is 0 Å². The molecule has 2 heteroatoms. The van der Waals surface area contributed by atoms with Crippen LogP contribution >= 0.6 is 0 Å². The van der Waals surface area contributed by atoms with Crippen molar-refractivity contribution >= 4 is 5.71 Å². The van der Waals surface area contributed by atoms with Crippen molar-refractivity contribution in [3.05, 3.63) is 60.0 Å². The van der Waals surface area contributed by atoms with Gasteiger partial charge >= 0.3 is 0 Å². The fraction of sp³-hybridized carbons (Fsp3) is 0.267. The summed E-state index contributed by atoms with van der Waals surface area (Å²) in [5.41, 5.74) is 3.25. The molecule has 90 valence electrons. The Balaban J connectivity index is 2.96. The topological polar surface area (TPSA) is 12.4 Å². The van der Waals surface area contributed by atoms with Crippen molar-refractivity contribution < 1.29 is 4.39 Å². The highest BCUT2D eigenvalue weighted by Gasteiger charge is 2.04. The van der Waals surface area contributed by atoms with Crippen LogP contribution in [0.2, 0.25) is 0 Å². The van der Waals surface area contributed by atoms with E-state index in [0.717, 1.165) is 23.3 Å². The van der Waals surface area contributed by atoms with Crippen molar-refractivity contribution in [3.63, 3.8) is 0 Å². The average molecular weight is 231 g/mol. The highest BCUT2D eigenvalue weighted by molar-refractivity contribution is 6.00. The lowest BCUT2D eigenvalue weighted by Crippen LogP contribution is -2.02. The lowest BCUT2D eigenvalue weighted by molar-refractivity contribution is 0.618. The number of nitrogens with zero attached hydrogens (tertiary/aromatic N) is 1. The molecule has 0 N–H and O–H groups in total. The van der Waals surface area contributed by atoms with Crippen LogP contribution in [0.3, 0.4) is 0 Å². The lowest BCUT2D eigenvalue weighted by atomic mass is 10.1. The Labute approximate surface area is 102 Å². The van der Waals surface area contributed by atoms with Gasteiger partial charge in [-0.1, -0.05) is 38.3 Å². The molecule has 0 saturated carbocycles. The van der Waals surface area contributed by atoms with Crippen LogP contribution in [0.15, 0.2) is 48.0 Å². The van der Waals surface area contributed by atoms with Gasteiger partial charge in [0.05, 0.1) is 6.54 Å². The average Bonchev–Trinajstić information content (AvgIpc) is 2.33. The molecule has 0 spiro atoms. The summed E-state index contributed by atoms with van der Waals surface area (Å²) < 4.78 is 13.5. The molecular formula is C15H18FN. The fourth-order valence-corrected chi connectivity index (χ4v) is 1.44. The van der Waals surface area contributed by atoms with E-state index in [-0.39, 0.29) is 5.82 Å². The molecule has 0 amide bonds. The van der Waals surface area contributed by atoms with Crippen molar-refractivity contribution in [2.75, 3.05) is 6.54 Å². The first-order valence-corrected chi connectivity index (χ1v) is 5.68. The Bertz CT molecular complexity index is 458. The maximum absolute atomic E-state index is 13.5. The van der Waals surface area contributed by atoms with E-state index in [9.17, 15) is 4.39 Å². The molecule has 0 unspecified atom stereocenters. The monoisotopic (exact) mass is 231 g/mol. The Morgan fingerprint density at radius 2 is 2.18 bits per heavy atom. The third-order valence-corrected chi connectivity index (χ3v) is 2.60. The highest BCUT2D eigenvalue weighted by atomic mass is 19.1. The first-order valence-electron chi connectivity index (χ1n) is 5.68. The predicted molar refractivity (Wildman–Crippen MR) is 72.2 cm³/mol. The summed E-state index contributed by atoms with van der Waals surface area (Å²) in [6.07, 6.45) is 2.46. The molecule has 0 atom stereocenters. The largest absolute Gasteiger partial charge is 0.284 e. The minimum Gasteiger partial charge on any atom is -0.284 e. The Kier molecular flexibility index (Phi) is 4.83. The number of benzene rings is 1. The van der Waals surface area contributed by atoms with Crippen LogP contribution in [0.1, 0.15) is 24.5 Å². The van der Waals surface area contributed by atoms with E-state index in [1.54, 1.807) is 19.1 Å². The quantitative estimate of drug-likeness (QED) is 0.535. The van der Waals surface area contributed by atoms with E-state index >= 15 is 0 Å². The van der Waals surface area contributed by atoms with Crippen LogP contribution in [0.25, 0.3) is 0 Å². The summed E-state index contributed by atoms with van der Waals surface area (Å²) in [5.74, 6) is -0.189. The standard InChI is InChI=1S/C15H18FN/c1-5-11(3)10-17-15(6-2)13-8-7-12(4)14(16)9-13/h5,7-9H,1,3,6,10H2,2,4H3/b17-15+. The van der Waals surface area contributed by atoms with Gasteiger partial charge in [0.2, 0.25) is 0 Å². The third kappa shape index (κ3) is 3.66. The Morgan fingerprint density at radius 3 is 2.71 bits per heavy atom. The van der Waals surface area contributed by atoms with E-state index in [1.807, 2.05) is 13.0 Å². The zero-order chi connectivity index (χ0) is 12.8. The summed E-state index contributed by atoms with van der Waals surface area (Å²) in [4.78, 5) is 4.43. The van der Waals surface area contributed by atoms with Crippen molar-refractivity contribution in [2.45, 2.75) is 20.3 Å². The number of aryl methyl sites for hydroxylation is 1. The van der Waals surface area contributed by atoms with Gasteiger partial charge in [-0.15, -0.1) is 0 Å². The summed E-state index contributed by atoms with van der Waals surface area (Å²) in [6.45, 7) is 11.7. The van der Waals surface area contributed by atoms with Crippen LogP contribution in [0.5, 0.6) is 0 Å². The summed E-state index contributed by atoms with van der Waals surface area (Å²) >= 11 is 0. The maximum Gasteiger partial charge on any atom is 0.126 e. The number of rotatable bonds is 5. The molecule has 1 nitrogen and oxygen atoms in total. The smallest absolute Gasteiger partial charge is 0.126 e. The van der Waals surface area contributed by atoms with Crippen molar-refractivity contribution in [1.29, 1.82) is 0 Å². The molecule has 0 bridgehead atoms. The second-order valence-corrected chi connectivity index (χ2v) is 3.94. The molecule has 0 aromatic heterocycles. The van der Waals surface area contributed by atoms with Crippen LogP contribution in [0.4, 0.5) is 4.39 Å². The number of hydrogen-bond donors (Lipinski definition) is 0. The zero-order valence-electron chi connectivity index (χ0n) is 10.5. The van der Waals surface area contributed by atoms with Gasteiger partial charge in [0.1, 0.15) is 5.82 Å². The van der Waals surface area contributed by atoms with Crippen molar-refractivity contribution in [3.8, 4) is 0 Å². The molecular weight excluding hydrogens is 213 g/mol. The molecule has 0 fully saturated rings. The second kappa shape index (κ2) is 6.14. The van der Waals surface area contributed by atoms with Gasteiger partial charge in [0.25, 0.3) is 0 Å². The Hall–Kier alpha value is -1.70. The SMILES string of the molecule is C=CC(=C)C/N=C(\CC)c1ccc(C)c(F)c1. The number of hydrogen-bond acceptors (Lipinski definition) is 1. The summed E-state index contributed by atoms with van der Waals surface area (Å²) in [5, 5.41) is 0. The normalized spacial score (nSPS) is 11.4. The molecule has 17 heavy (non-hydrogen) atoms. The van der Waals surface area contributed by atoms with E-state index in [0.29, 0.717) is 12.1 Å². The summed E-state index contributed by atoms with van der Waals surface area (Å²) in [7, 11) is 0. The van der Waals surface area contributed by atoms with E-state index < -0.39 is 0 Å². The van der Waals surface area contributed by atoms with E-state index in [1.165, 1.54) is 6.07 Å². The molecule has 1 aromatic rings. The molecule has 1 rings (SSSR count). The van der Waals surface area contributed by atoms with Crippen LogP contribution in [0, 0.1) is 12.7 Å². The highest BCUT2D eigenvalue weighted by Crippen LogP contribution is 2.12. The second-order valence-electron chi connectivity index (χ2n) is 3.94. The molecule has 1 aromatic carbocycles. The molecule has 0 aliphatic heterocycles. The molecule has 0 aliphatic carbocycles. The predicted octanol–water partition coefficient (Wildman–Crippen LogP) is 4.08. The van der Waals surface area contributed by atoms with Crippen LogP contribution in [-0.4, -0.2) is 12.3 Å². The Morgan fingerprint density at radius 1 is 1.47 bits per heavy atom. The van der Waals surface area contributed by atoms with Gasteiger partial charge in [-0.05, 0) is 36.1 Å². The van der Waals surface area contributed by atoms with Gasteiger partial charge in [0, 0.05) is 5.71 Å². The van der Waals surface area contributed by atoms with Crippen LogP contribution < -0.4 is 0 Å². The molecule has 0 aliphatic rings. The minimum absolute atomic E-state index is 0.189. The van der Waals surface area contributed by atoms with E-state index in [2.05, 4.69) is 18.2 Å². The fourth-order valence-electron chi connectivity index (χ4n) is 1.44. The zero-order valence-corrected chi connectivity index (χ0v) is 10.5. The van der Waals surface area contributed by atoms with Crippen LogP contribution in [-0.2, 0) is 0 Å². The van der Waals surface area contributed by atoms with Gasteiger partial charge in [-0.3, -0.25) is 4.99 Å². The molecule has 0 saturated heterocycles. The van der Waals surface area contributed by atoms with E-state index in [4.69, 9.17) is 0 Å². The number of aliphatic imine (C=N–C) groups is 1. The molecule has 0 heterocycles. The lowest BCUT2D eigenvalue weighted by Gasteiger charge is -2.06. The maximum atomic E-state index is 13.5. The number of halogens is 1.